The SMILES string of the molecule is O=C(CSc1ccnc2ccc(F)cc12)N1CCOC(COc2ncnc3ccccc23)C1. The Morgan fingerprint density at radius 1 is 1.12 bits per heavy atom. The summed E-state index contributed by atoms with van der Waals surface area (Å²) in [4.78, 5) is 28.2. The van der Waals surface area contributed by atoms with Crippen LogP contribution in [0.5, 0.6) is 5.88 Å². The van der Waals surface area contributed by atoms with Crippen LogP contribution >= 0.6 is 11.8 Å². The van der Waals surface area contributed by atoms with Crippen molar-refractivity contribution in [3.05, 3.63) is 66.9 Å². The fourth-order valence-electron chi connectivity index (χ4n) is 3.76. The highest BCUT2D eigenvalue weighted by molar-refractivity contribution is 8.00. The molecule has 0 N–H and O–H groups in total. The van der Waals surface area contributed by atoms with Gasteiger partial charge in [0, 0.05) is 23.0 Å². The Hall–Kier alpha value is -3.30. The number of ether oxygens (including phenoxy) is 2. The summed E-state index contributed by atoms with van der Waals surface area (Å²) >= 11 is 1.39. The van der Waals surface area contributed by atoms with Crippen LogP contribution in [0.25, 0.3) is 21.8 Å². The average Bonchev–Trinajstić information content (AvgIpc) is 2.86. The number of halogens is 1. The van der Waals surface area contributed by atoms with Gasteiger partial charge in [0.25, 0.3) is 0 Å². The van der Waals surface area contributed by atoms with Crippen molar-refractivity contribution < 1.29 is 18.7 Å². The average molecular weight is 465 g/mol. The third-order valence-corrected chi connectivity index (χ3v) is 6.48. The van der Waals surface area contributed by atoms with Gasteiger partial charge in [0.05, 0.1) is 35.3 Å². The third kappa shape index (κ3) is 4.89. The first kappa shape index (κ1) is 21.5. The van der Waals surface area contributed by atoms with E-state index in [4.69, 9.17) is 9.47 Å². The quantitative estimate of drug-likeness (QED) is 0.403. The minimum Gasteiger partial charge on any atom is -0.474 e. The molecule has 3 heterocycles. The van der Waals surface area contributed by atoms with Crippen LogP contribution < -0.4 is 4.74 Å². The molecule has 4 aromatic rings. The van der Waals surface area contributed by atoms with Crippen LogP contribution in [-0.4, -0.2) is 63.9 Å². The Morgan fingerprint density at radius 2 is 2.00 bits per heavy atom. The van der Waals surface area contributed by atoms with Gasteiger partial charge in [0.2, 0.25) is 11.8 Å². The highest BCUT2D eigenvalue weighted by atomic mass is 32.2. The summed E-state index contributed by atoms with van der Waals surface area (Å²) in [5.74, 6) is 0.429. The second kappa shape index (κ2) is 9.68. The van der Waals surface area contributed by atoms with Crippen molar-refractivity contribution >= 4 is 39.5 Å². The smallest absolute Gasteiger partial charge is 0.233 e. The number of rotatable bonds is 6. The molecular weight excluding hydrogens is 443 g/mol. The predicted octanol–water partition coefficient (Wildman–Crippen LogP) is 3.72. The lowest BCUT2D eigenvalue weighted by molar-refractivity contribution is -0.137. The minimum absolute atomic E-state index is 0.00199. The number of carbonyl (C=O) groups is 1. The summed E-state index contributed by atoms with van der Waals surface area (Å²) in [7, 11) is 0. The summed E-state index contributed by atoms with van der Waals surface area (Å²) in [6.45, 7) is 1.69. The molecule has 2 aromatic carbocycles. The number of fused-ring (bicyclic) bond motifs is 2. The predicted molar refractivity (Wildman–Crippen MR) is 124 cm³/mol. The van der Waals surface area contributed by atoms with Crippen molar-refractivity contribution in [2.24, 2.45) is 0 Å². The number of morpholine rings is 1. The van der Waals surface area contributed by atoms with Crippen LogP contribution in [0, 0.1) is 5.82 Å². The summed E-state index contributed by atoms with van der Waals surface area (Å²) in [5.41, 5.74) is 1.51. The van der Waals surface area contributed by atoms with E-state index in [1.54, 1.807) is 17.2 Å². The lowest BCUT2D eigenvalue weighted by Crippen LogP contribution is -2.48. The number of carbonyl (C=O) groups excluding carboxylic acids is 1. The van der Waals surface area contributed by atoms with Gasteiger partial charge in [0.15, 0.2) is 0 Å². The standard InChI is InChI=1S/C24H21FN4O3S/c25-16-5-6-21-19(11-16)22(7-8-26-21)33-14-23(30)29-9-10-31-17(12-29)13-32-24-18-3-1-2-4-20(18)27-15-28-24/h1-8,11,15,17H,9-10,12-14H2. The first-order valence-corrected chi connectivity index (χ1v) is 11.5. The number of pyridine rings is 1. The molecule has 2 aromatic heterocycles. The van der Waals surface area contributed by atoms with Gasteiger partial charge in [-0.15, -0.1) is 11.8 Å². The van der Waals surface area contributed by atoms with Crippen LogP contribution in [0.4, 0.5) is 4.39 Å². The molecule has 1 amide bonds. The van der Waals surface area contributed by atoms with Crippen molar-refractivity contribution in [3.8, 4) is 5.88 Å². The van der Waals surface area contributed by atoms with Gasteiger partial charge >= 0.3 is 0 Å². The van der Waals surface area contributed by atoms with Crippen LogP contribution in [0.1, 0.15) is 0 Å². The van der Waals surface area contributed by atoms with Crippen molar-refractivity contribution in [1.29, 1.82) is 0 Å². The van der Waals surface area contributed by atoms with E-state index >= 15 is 0 Å². The fourth-order valence-corrected chi connectivity index (χ4v) is 4.70. The number of thioether (sulfide) groups is 1. The molecule has 1 aliphatic heterocycles. The van der Waals surface area contributed by atoms with Gasteiger partial charge in [-0.25, -0.2) is 14.4 Å². The first-order valence-electron chi connectivity index (χ1n) is 10.6. The summed E-state index contributed by atoms with van der Waals surface area (Å²) in [6.07, 6.45) is 2.89. The van der Waals surface area contributed by atoms with E-state index in [1.165, 1.54) is 30.2 Å². The molecule has 1 saturated heterocycles. The highest BCUT2D eigenvalue weighted by Gasteiger charge is 2.25. The highest BCUT2D eigenvalue weighted by Crippen LogP contribution is 2.28. The maximum absolute atomic E-state index is 13.7. The van der Waals surface area contributed by atoms with Crippen molar-refractivity contribution in [3.63, 3.8) is 0 Å². The lowest BCUT2D eigenvalue weighted by atomic mass is 10.2. The molecule has 168 valence electrons. The normalized spacial score (nSPS) is 16.3. The number of nitrogens with zero attached hydrogens (tertiary/aromatic N) is 4. The summed E-state index contributed by atoms with van der Waals surface area (Å²) in [5, 5.41) is 1.54. The monoisotopic (exact) mass is 464 g/mol. The molecule has 1 atom stereocenters. The third-order valence-electron chi connectivity index (χ3n) is 5.42. The van der Waals surface area contributed by atoms with E-state index < -0.39 is 0 Å². The van der Waals surface area contributed by atoms with Gasteiger partial charge in [-0.3, -0.25) is 9.78 Å². The van der Waals surface area contributed by atoms with E-state index in [0.717, 1.165) is 15.8 Å². The zero-order valence-electron chi connectivity index (χ0n) is 17.7. The minimum atomic E-state index is -0.323. The molecule has 9 heteroatoms. The summed E-state index contributed by atoms with van der Waals surface area (Å²) < 4.78 is 25.4. The van der Waals surface area contributed by atoms with Gasteiger partial charge in [-0.1, -0.05) is 12.1 Å². The fraction of sp³-hybridized carbons (Fsp3) is 0.250. The topological polar surface area (TPSA) is 77.4 Å². The van der Waals surface area contributed by atoms with Gasteiger partial charge < -0.3 is 14.4 Å². The van der Waals surface area contributed by atoms with Crippen molar-refractivity contribution in [2.45, 2.75) is 11.0 Å². The van der Waals surface area contributed by atoms with E-state index in [0.29, 0.717) is 36.5 Å². The zero-order chi connectivity index (χ0) is 22.6. The molecule has 33 heavy (non-hydrogen) atoms. The Kier molecular flexibility index (Phi) is 6.32. The molecule has 5 rings (SSSR count). The maximum Gasteiger partial charge on any atom is 0.233 e. The van der Waals surface area contributed by atoms with Crippen LogP contribution in [0.15, 0.2) is 66.0 Å². The molecule has 0 radical (unpaired) electrons. The maximum atomic E-state index is 13.7. The second-order valence-corrected chi connectivity index (χ2v) is 8.62. The molecule has 7 nitrogen and oxygen atoms in total. The largest absolute Gasteiger partial charge is 0.474 e. The molecule has 0 saturated carbocycles. The van der Waals surface area contributed by atoms with E-state index in [2.05, 4.69) is 15.0 Å². The van der Waals surface area contributed by atoms with Crippen LogP contribution in [0.2, 0.25) is 0 Å². The van der Waals surface area contributed by atoms with Crippen LogP contribution in [0.3, 0.4) is 0 Å². The van der Waals surface area contributed by atoms with E-state index in [-0.39, 0.29) is 30.2 Å². The molecule has 0 aliphatic carbocycles. The number of amides is 1. The number of para-hydroxylation sites is 1. The van der Waals surface area contributed by atoms with Crippen LogP contribution in [-0.2, 0) is 9.53 Å². The first-order chi connectivity index (χ1) is 16.2. The Balaban J connectivity index is 1.19. The van der Waals surface area contributed by atoms with Gasteiger partial charge in [-0.05, 0) is 36.4 Å². The van der Waals surface area contributed by atoms with Gasteiger partial charge in [-0.2, -0.15) is 0 Å². The molecule has 0 spiro atoms. The number of aromatic nitrogens is 3. The van der Waals surface area contributed by atoms with Gasteiger partial charge in [0.1, 0.15) is 24.9 Å². The molecule has 1 aliphatic rings. The zero-order valence-corrected chi connectivity index (χ0v) is 18.5. The molecular formula is C24H21FN4O3S. The van der Waals surface area contributed by atoms with Crippen molar-refractivity contribution in [2.75, 3.05) is 32.1 Å². The van der Waals surface area contributed by atoms with Crippen molar-refractivity contribution in [1.82, 2.24) is 19.9 Å². The summed E-state index contributed by atoms with van der Waals surface area (Å²) in [6, 6.07) is 13.9. The van der Waals surface area contributed by atoms with E-state index in [1.807, 2.05) is 30.3 Å². The number of hydrogen-bond donors (Lipinski definition) is 0. The second-order valence-electron chi connectivity index (χ2n) is 7.60. The number of benzene rings is 2. The lowest BCUT2D eigenvalue weighted by Gasteiger charge is -2.32. The Bertz CT molecular complexity index is 1300. The van der Waals surface area contributed by atoms with E-state index in [9.17, 15) is 9.18 Å². The molecule has 1 unspecified atom stereocenters. The molecule has 0 bridgehead atoms. The Morgan fingerprint density at radius 3 is 2.94 bits per heavy atom. The molecule has 1 fully saturated rings. The Labute approximate surface area is 193 Å². The number of hydrogen-bond acceptors (Lipinski definition) is 7.